The highest BCUT2D eigenvalue weighted by atomic mass is 32.2. The minimum Gasteiger partial charge on any atom is -0.481 e. The lowest BCUT2D eigenvalue weighted by Gasteiger charge is -2.17. The third-order valence-electron chi connectivity index (χ3n) is 2.12. The number of rotatable bonds is 6. The fourth-order valence-corrected chi connectivity index (χ4v) is 2.16. The van der Waals surface area contributed by atoms with Gasteiger partial charge in [0.2, 0.25) is 0 Å². The molecule has 0 saturated carbocycles. The maximum absolute atomic E-state index is 10.6. The highest BCUT2D eigenvalue weighted by Gasteiger charge is 2.19. The van der Waals surface area contributed by atoms with E-state index in [1.807, 2.05) is 4.57 Å². The SMILES string of the molecule is C=CCn1c(CC(C)(C)C)nnc1SCC(=O)O. The average Bonchev–Trinajstić information content (AvgIpc) is 2.57. The van der Waals surface area contributed by atoms with Crippen LogP contribution in [0.25, 0.3) is 0 Å². The molecule has 0 amide bonds. The molecule has 0 aliphatic heterocycles. The summed E-state index contributed by atoms with van der Waals surface area (Å²) in [5.74, 6) is 0.00551. The molecule has 0 fully saturated rings. The average molecular weight is 269 g/mol. The van der Waals surface area contributed by atoms with E-state index in [1.54, 1.807) is 6.08 Å². The number of carboxylic acids is 1. The molecule has 0 atom stereocenters. The zero-order valence-corrected chi connectivity index (χ0v) is 11.8. The molecule has 0 aliphatic rings. The lowest BCUT2D eigenvalue weighted by atomic mass is 9.92. The number of hydrogen-bond donors (Lipinski definition) is 1. The Morgan fingerprint density at radius 2 is 2.17 bits per heavy atom. The van der Waals surface area contributed by atoms with E-state index >= 15 is 0 Å². The second-order valence-corrected chi connectivity index (χ2v) is 6.16. The van der Waals surface area contributed by atoms with Crippen LogP contribution < -0.4 is 0 Å². The Balaban J connectivity index is 2.91. The van der Waals surface area contributed by atoms with Crippen LogP contribution in [0, 0.1) is 5.41 Å². The molecule has 100 valence electrons. The quantitative estimate of drug-likeness (QED) is 0.633. The number of allylic oxidation sites excluding steroid dienone is 1. The van der Waals surface area contributed by atoms with Gasteiger partial charge in [0.05, 0.1) is 5.75 Å². The van der Waals surface area contributed by atoms with Crippen LogP contribution in [-0.2, 0) is 17.8 Å². The van der Waals surface area contributed by atoms with E-state index in [1.165, 1.54) is 11.8 Å². The zero-order chi connectivity index (χ0) is 13.8. The Labute approximate surface area is 111 Å². The molecule has 0 saturated heterocycles. The van der Waals surface area contributed by atoms with Gasteiger partial charge >= 0.3 is 5.97 Å². The normalized spacial score (nSPS) is 11.5. The van der Waals surface area contributed by atoms with Gasteiger partial charge in [-0.3, -0.25) is 4.79 Å². The zero-order valence-electron chi connectivity index (χ0n) is 11.0. The van der Waals surface area contributed by atoms with Crippen LogP contribution in [0.15, 0.2) is 17.8 Å². The van der Waals surface area contributed by atoms with Crippen molar-refractivity contribution in [1.82, 2.24) is 14.8 Å². The maximum Gasteiger partial charge on any atom is 0.313 e. The van der Waals surface area contributed by atoms with Crippen LogP contribution in [0.3, 0.4) is 0 Å². The van der Waals surface area contributed by atoms with E-state index in [0.717, 1.165) is 12.2 Å². The van der Waals surface area contributed by atoms with E-state index in [0.29, 0.717) is 11.7 Å². The second-order valence-electron chi connectivity index (χ2n) is 5.22. The third kappa shape index (κ3) is 4.52. The Bertz CT molecular complexity index is 435. The minimum absolute atomic E-state index is 0.00913. The van der Waals surface area contributed by atoms with Gasteiger partial charge < -0.3 is 9.67 Å². The summed E-state index contributed by atoms with van der Waals surface area (Å²) < 4.78 is 1.92. The summed E-state index contributed by atoms with van der Waals surface area (Å²) in [5, 5.41) is 17.5. The molecule has 0 radical (unpaired) electrons. The first kappa shape index (κ1) is 14.8. The van der Waals surface area contributed by atoms with Crippen LogP contribution in [-0.4, -0.2) is 31.6 Å². The first-order chi connectivity index (χ1) is 8.33. The predicted molar refractivity (Wildman–Crippen MR) is 71.7 cm³/mol. The molecular formula is C12H19N3O2S. The van der Waals surface area contributed by atoms with Gasteiger partial charge in [-0.05, 0) is 5.41 Å². The van der Waals surface area contributed by atoms with Crippen LogP contribution in [0.5, 0.6) is 0 Å². The molecule has 0 bridgehead atoms. The summed E-state index contributed by atoms with van der Waals surface area (Å²) in [4.78, 5) is 10.6. The summed E-state index contributed by atoms with van der Waals surface area (Å²) in [6, 6.07) is 0. The van der Waals surface area contributed by atoms with Crippen LogP contribution >= 0.6 is 11.8 Å². The molecule has 1 rings (SSSR count). The Kier molecular flexibility index (Phi) is 4.95. The van der Waals surface area contributed by atoms with Crippen molar-refractivity contribution >= 4 is 17.7 Å². The van der Waals surface area contributed by atoms with Crippen molar-refractivity contribution in [2.24, 2.45) is 5.41 Å². The van der Waals surface area contributed by atoms with Crippen LogP contribution in [0.2, 0.25) is 0 Å². The van der Waals surface area contributed by atoms with E-state index in [2.05, 4.69) is 37.5 Å². The van der Waals surface area contributed by atoms with E-state index in [9.17, 15) is 4.79 Å². The molecule has 1 aromatic heterocycles. The summed E-state index contributed by atoms with van der Waals surface area (Å²) in [6.45, 7) is 10.7. The molecule has 0 aliphatic carbocycles. The first-order valence-corrected chi connectivity index (χ1v) is 6.69. The van der Waals surface area contributed by atoms with Gasteiger partial charge in [0, 0.05) is 13.0 Å². The van der Waals surface area contributed by atoms with Gasteiger partial charge in [-0.25, -0.2) is 0 Å². The second kappa shape index (κ2) is 6.04. The van der Waals surface area contributed by atoms with Crippen molar-refractivity contribution in [1.29, 1.82) is 0 Å². The largest absolute Gasteiger partial charge is 0.481 e. The molecule has 1 N–H and O–H groups in total. The molecule has 0 aromatic carbocycles. The smallest absolute Gasteiger partial charge is 0.313 e. The first-order valence-electron chi connectivity index (χ1n) is 5.71. The summed E-state index contributed by atoms with van der Waals surface area (Å²) in [5.41, 5.74) is 0.112. The van der Waals surface area contributed by atoms with Crippen molar-refractivity contribution in [2.75, 3.05) is 5.75 Å². The minimum atomic E-state index is -0.856. The van der Waals surface area contributed by atoms with Crippen molar-refractivity contribution in [2.45, 2.75) is 38.9 Å². The van der Waals surface area contributed by atoms with Gasteiger partial charge in [0.15, 0.2) is 5.16 Å². The number of carbonyl (C=O) groups is 1. The molecule has 0 unspecified atom stereocenters. The Morgan fingerprint density at radius 3 is 2.67 bits per heavy atom. The standard InChI is InChI=1S/C12H19N3O2S/c1-5-6-15-9(7-12(2,3)4)13-14-11(15)18-8-10(16)17/h5H,1,6-8H2,2-4H3,(H,16,17). The van der Waals surface area contributed by atoms with E-state index in [4.69, 9.17) is 5.11 Å². The van der Waals surface area contributed by atoms with Crippen LogP contribution in [0.4, 0.5) is 0 Å². The maximum atomic E-state index is 10.6. The van der Waals surface area contributed by atoms with Crippen LogP contribution in [0.1, 0.15) is 26.6 Å². The van der Waals surface area contributed by atoms with Gasteiger partial charge in [-0.15, -0.1) is 16.8 Å². The predicted octanol–water partition coefficient (Wildman–Crippen LogP) is 2.23. The number of carboxylic acid groups (broad SMARTS) is 1. The fourth-order valence-electron chi connectivity index (χ4n) is 1.47. The number of aromatic nitrogens is 3. The highest BCUT2D eigenvalue weighted by molar-refractivity contribution is 7.99. The van der Waals surface area contributed by atoms with Crippen molar-refractivity contribution < 1.29 is 9.90 Å². The van der Waals surface area contributed by atoms with E-state index in [-0.39, 0.29) is 11.2 Å². The molecule has 5 nitrogen and oxygen atoms in total. The summed E-state index contributed by atoms with van der Waals surface area (Å²) >= 11 is 1.18. The molecule has 6 heteroatoms. The van der Waals surface area contributed by atoms with E-state index < -0.39 is 5.97 Å². The van der Waals surface area contributed by atoms with Crippen molar-refractivity contribution in [3.05, 3.63) is 18.5 Å². The highest BCUT2D eigenvalue weighted by Crippen LogP contribution is 2.23. The number of nitrogens with zero attached hydrogens (tertiary/aromatic N) is 3. The Hall–Kier alpha value is -1.30. The summed E-state index contributed by atoms with van der Waals surface area (Å²) in [6.07, 6.45) is 2.56. The number of thioether (sulfide) groups is 1. The monoisotopic (exact) mass is 269 g/mol. The third-order valence-corrected chi connectivity index (χ3v) is 3.07. The molecular weight excluding hydrogens is 250 g/mol. The lowest BCUT2D eigenvalue weighted by molar-refractivity contribution is -0.133. The topological polar surface area (TPSA) is 68.0 Å². The molecule has 1 aromatic rings. The number of hydrogen-bond acceptors (Lipinski definition) is 4. The lowest BCUT2D eigenvalue weighted by Crippen LogP contribution is -2.14. The molecule has 18 heavy (non-hydrogen) atoms. The molecule has 1 heterocycles. The Morgan fingerprint density at radius 1 is 1.50 bits per heavy atom. The van der Waals surface area contributed by atoms with Crippen molar-refractivity contribution in [3.8, 4) is 0 Å². The van der Waals surface area contributed by atoms with Gasteiger partial charge in [-0.1, -0.05) is 38.6 Å². The summed E-state index contributed by atoms with van der Waals surface area (Å²) in [7, 11) is 0. The van der Waals surface area contributed by atoms with Gasteiger partial charge in [0.1, 0.15) is 5.82 Å². The van der Waals surface area contributed by atoms with Gasteiger partial charge in [0.25, 0.3) is 0 Å². The van der Waals surface area contributed by atoms with Crippen molar-refractivity contribution in [3.63, 3.8) is 0 Å². The fraction of sp³-hybridized carbons (Fsp3) is 0.583. The van der Waals surface area contributed by atoms with Gasteiger partial charge in [-0.2, -0.15) is 0 Å². The molecule has 0 spiro atoms. The number of aliphatic carboxylic acids is 1.